The number of nitriles is 1. The van der Waals surface area contributed by atoms with E-state index in [4.69, 9.17) is 5.26 Å². The Morgan fingerprint density at radius 2 is 1.94 bits per heavy atom. The highest BCUT2D eigenvalue weighted by Crippen LogP contribution is 2.12. The number of benzene rings is 1. The molecule has 0 aliphatic rings. The first-order chi connectivity index (χ1) is 8.08. The molecule has 0 saturated heterocycles. The maximum absolute atomic E-state index is 11.1. The van der Waals surface area contributed by atoms with E-state index in [1.807, 2.05) is 6.07 Å². The molecule has 0 heterocycles. The van der Waals surface area contributed by atoms with Crippen LogP contribution in [0, 0.1) is 11.3 Å². The van der Waals surface area contributed by atoms with Gasteiger partial charge in [0.15, 0.2) is 0 Å². The van der Waals surface area contributed by atoms with E-state index in [1.54, 1.807) is 0 Å². The molecule has 0 radical (unpaired) electrons. The molecule has 5 heteroatoms. The summed E-state index contributed by atoms with van der Waals surface area (Å²) in [5.74, 6) is -2.36. The first kappa shape index (κ1) is 12.5. The lowest BCUT2D eigenvalue weighted by Gasteiger charge is -1.99. The quantitative estimate of drug-likeness (QED) is 0.365. The molecule has 1 aromatic carbocycles. The summed E-state index contributed by atoms with van der Waals surface area (Å²) in [5.41, 5.74) is 0.766. The van der Waals surface area contributed by atoms with E-state index >= 15 is 0 Å². The Labute approximate surface area is 97.6 Å². The molecule has 0 aromatic heterocycles. The van der Waals surface area contributed by atoms with Gasteiger partial charge in [0.2, 0.25) is 0 Å². The number of hydrogen-bond acceptors (Lipinski definition) is 5. The Morgan fingerprint density at radius 1 is 1.35 bits per heavy atom. The molecular weight excluding hydrogens is 222 g/mol. The number of aliphatic hydroxyl groups excluding tert-OH is 1. The highest BCUT2D eigenvalue weighted by atomic mass is 16.5. The van der Waals surface area contributed by atoms with Crippen LogP contribution in [0.15, 0.2) is 30.3 Å². The lowest BCUT2D eigenvalue weighted by atomic mass is 10.1. The van der Waals surface area contributed by atoms with Gasteiger partial charge >= 0.3 is 5.97 Å². The predicted molar refractivity (Wildman–Crippen MR) is 58.8 cm³/mol. The molecule has 0 fully saturated rings. The largest absolute Gasteiger partial charge is 0.507 e. The first-order valence-electron chi connectivity index (χ1n) is 4.62. The minimum Gasteiger partial charge on any atom is -0.507 e. The van der Waals surface area contributed by atoms with Gasteiger partial charge in [0.05, 0.1) is 18.7 Å². The maximum Gasteiger partial charge on any atom is 0.378 e. The van der Waals surface area contributed by atoms with Crippen LogP contribution >= 0.6 is 0 Å². The molecular formula is C12H9NO4. The highest BCUT2D eigenvalue weighted by molar-refractivity contribution is 6.39. The molecule has 0 bridgehead atoms. The molecule has 86 valence electrons. The number of ether oxygens (including phenoxy) is 1. The number of aliphatic hydroxyl groups is 1. The number of methoxy groups -OCH3 is 1. The van der Waals surface area contributed by atoms with E-state index in [1.165, 1.54) is 24.3 Å². The minimum atomic E-state index is -1.05. The molecule has 0 spiro atoms. The van der Waals surface area contributed by atoms with E-state index in [0.717, 1.165) is 13.2 Å². The Morgan fingerprint density at radius 3 is 2.41 bits per heavy atom. The van der Waals surface area contributed by atoms with Crippen LogP contribution in [0.25, 0.3) is 5.76 Å². The fourth-order valence-electron chi connectivity index (χ4n) is 1.08. The standard InChI is InChI=1S/C12H9NO4/c1-17-12(16)11(15)6-10(14)9-4-2-8(7-13)3-5-9/h2-6,14H,1H3/b10-6-. The number of nitrogens with zero attached hydrogens (tertiary/aromatic N) is 1. The van der Waals surface area contributed by atoms with Gasteiger partial charge in [-0.05, 0) is 24.3 Å². The summed E-state index contributed by atoms with van der Waals surface area (Å²) in [5, 5.41) is 18.1. The Kier molecular flexibility index (Phi) is 4.01. The first-order valence-corrected chi connectivity index (χ1v) is 4.62. The fourth-order valence-corrected chi connectivity index (χ4v) is 1.08. The van der Waals surface area contributed by atoms with Crippen molar-refractivity contribution in [1.29, 1.82) is 5.26 Å². The van der Waals surface area contributed by atoms with Crippen molar-refractivity contribution >= 4 is 17.5 Å². The molecule has 0 amide bonds. The second-order valence-electron chi connectivity index (χ2n) is 3.07. The number of hydrogen-bond donors (Lipinski definition) is 1. The summed E-state index contributed by atoms with van der Waals surface area (Å²) in [6.07, 6.45) is 0.771. The minimum absolute atomic E-state index is 0.334. The van der Waals surface area contributed by atoms with Crippen molar-refractivity contribution in [2.24, 2.45) is 0 Å². The van der Waals surface area contributed by atoms with Crippen LogP contribution in [0.5, 0.6) is 0 Å². The Bertz CT molecular complexity index is 508. The molecule has 0 saturated carbocycles. The van der Waals surface area contributed by atoms with E-state index in [-0.39, 0.29) is 5.76 Å². The summed E-state index contributed by atoms with van der Waals surface area (Å²) in [6.45, 7) is 0. The zero-order chi connectivity index (χ0) is 12.8. The van der Waals surface area contributed by atoms with E-state index < -0.39 is 11.8 Å². The molecule has 0 aliphatic heterocycles. The second-order valence-corrected chi connectivity index (χ2v) is 3.07. The van der Waals surface area contributed by atoms with E-state index in [9.17, 15) is 14.7 Å². The van der Waals surface area contributed by atoms with Crippen molar-refractivity contribution in [2.45, 2.75) is 0 Å². The maximum atomic E-state index is 11.1. The Hall–Kier alpha value is -2.61. The van der Waals surface area contributed by atoms with Crippen molar-refractivity contribution in [3.05, 3.63) is 41.5 Å². The van der Waals surface area contributed by atoms with Crippen LogP contribution in [-0.4, -0.2) is 24.0 Å². The van der Waals surface area contributed by atoms with Crippen molar-refractivity contribution in [2.75, 3.05) is 7.11 Å². The highest BCUT2D eigenvalue weighted by Gasteiger charge is 2.12. The smallest absolute Gasteiger partial charge is 0.378 e. The summed E-state index contributed by atoms with van der Waals surface area (Å²) in [7, 11) is 1.08. The number of carbonyl (C=O) groups is 2. The van der Waals surface area contributed by atoms with Gasteiger partial charge in [-0.2, -0.15) is 5.26 Å². The third-order valence-electron chi connectivity index (χ3n) is 1.96. The molecule has 5 nitrogen and oxygen atoms in total. The zero-order valence-corrected chi connectivity index (χ0v) is 9.01. The van der Waals surface area contributed by atoms with Crippen LogP contribution in [0.1, 0.15) is 11.1 Å². The number of rotatable bonds is 3. The van der Waals surface area contributed by atoms with Gasteiger partial charge in [0.25, 0.3) is 5.78 Å². The Balaban J connectivity index is 2.92. The van der Waals surface area contributed by atoms with Gasteiger partial charge < -0.3 is 9.84 Å². The van der Waals surface area contributed by atoms with Gasteiger partial charge in [-0.3, -0.25) is 4.79 Å². The lowest BCUT2D eigenvalue weighted by molar-refractivity contribution is -0.149. The van der Waals surface area contributed by atoms with Crippen LogP contribution in [0.2, 0.25) is 0 Å². The monoisotopic (exact) mass is 231 g/mol. The summed E-state index contributed by atoms with van der Waals surface area (Å²) < 4.78 is 4.20. The van der Waals surface area contributed by atoms with Crippen molar-refractivity contribution in [3.8, 4) is 6.07 Å². The van der Waals surface area contributed by atoms with Crippen molar-refractivity contribution in [1.82, 2.24) is 0 Å². The van der Waals surface area contributed by atoms with Crippen molar-refractivity contribution in [3.63, 3.8) is 0 Å². The number of ketones is 1. The van der Waals surface area contributed by atoms with E-state index in [0.29, 0.717) is 11.1 Å². The summed E-state index contributed by atoms with van der Waals surface area (Å²) >= 11 is 0. The summed E-state index contributed by atoms with van der Waals surface area (Å²) in [4.78, 5) is 21.9. The van der Waals surface area contributed by atoms with E-state index in [2.05, 4.69) is 4.74 Å². The van der Waals surface area contributed by atoms with Crippen LogP contribution < -0.4 is 0 Å². The normalized spacial score (nSPS) is 10.5. The molecule has 1 aromatic rings. The third-order valence-corrected chi connectivity index (χ3v) is 1.96. The third kappa shape index (κ3) is 3.18. The van der Waals surface area contributed by atoms with Gasteiger partial charge in [-0.1, -0.05) is 0 Å². The van der Waals surface area contributed by atoms with Gasteiger partial charge in [0, 0.05) is 11.6 Å². The molecule has 17 heavy (non-hydrogen) atoms. The topological polar surface area (TPSA) is 87.4 Å². The van der Waals surface area contributed by atoms with Gasteiger partial charge in [-0.25, -0.2) is 4.79 Å². The molecule has 1 N–H and O–H groups in total. The fraction of sp³-hybridized carbons (Fsp3) is 0.0833. The summed E-state index contributed by atoms with van der Waals surface area (Å²) in [6, 6.07) is 7.83. The molecule has 1 rings (SSSR count). The second kappa shape index (κ2) is 5.47. The SMILES string of the molecule is COC(=O)C(=O)/C=C(\O)c1ccc(C#N)cc1. The average molecular weight is 231 g/mol. The van der Waals surface area contributed by atoms with Crippen LogP contribution in [0.4, 0.5) is 0 Å². The lowest BCUT2D eigenvalue weighted by Crippen LogP contribution is -2.13. The number of esters is 1. The van der Waals surface area contributed by atoms with Crippen LogP contribution in [-0.2, 0) is 14.3 Å². The van der Waals surface area contributed by atoms with Crippen molar-refractivity contribution < 1.29 is 19.4 Å². The average Bonchev–Trinajstić information content (AvgIpc) is 2.37. The zero-order valence-electron chi connectivity index (χ0n) is 9.01. The van der Waals surface area contributed by atoms with Crippen LogP contribution in [0.3, 0.4) is 0 Å². The number of carbonyl (C=O) groups excluding carboxylic acids is 2. The molecule has 0 atom stereocenters. The predicted octanol–water partition coefficient (Wildman–Crippen LogP) is 1.20. The van der Waals surface area contributed by atoms with Gasteiger partial charge in [0.1, 0.15) is 5.76 Å². The molecule has 0 aliphatic carbocycles. The van der Waals surface area contributed by atoms with Gasteiger partial charge in [-0.15, -0.1) is 0 Å². The molecule has 0 unspecified atom stereocenters.